The highest BCUT2D eigenvalue weighted by Crippen LogP contribution is 2.24. The number of nitrogens with two attached hydrogens (primary N) is 1. The standard InChI is InChI=1S/C12H9FN4O/c13-9-6-8(7-14)4-5-10(9)18-12-3-1-2-11(16-12)17-15/h1-6H,15H2,(H,16,17). The number of nitrogens with zero attached hydrogens (tertiary/aromatic N) is 2. The van der Waals surface area contributed by atoms with Crippen LogP contribution < -0.4 is 16.0 Å². The fourth-order valence-electron chi connectivity index (χ4n) is 1.32. The first-order valence-electron chi connectivity index (χ1n) is 5.04. The van der Waals surface area contributed by atoms with Crippen LogP contribution in [0.25, 0.3) is 0 Å². The third kappa shape index (κ3) is 2.53. The van der Waals surface area contributed by atoms with Crippen molar-refractivity contribution in [3.05, 3.63) is 47.8 Å². The Labute approximate surface area is 103 Å². The molecule has 0 bridgehead atoms. The van der Waals surface area contributed by atoms with Crippen molar-refractivity contribution in [1.82, 2.24) is 4.98 Å². The lowest BCUT2D eigenvalue weighted by molar-refractivity contribution is 0.428. The summed E-state index contributed by atoms with van der Waals surface area (Å²) in [6, 6.07) is 10.6. The van der Waals surface area contributed by atoms with Gasteiger partial charge in [-0.25, -0.2) is 10.2 Å². The summed E-state index contributed by atoms with van der Waals surface area (Å²) < 4.78 is 18.8. The molecule has 0 aliphatic heterocycles. The monoisotopic (exact) mass is 244 g/mol. The second-order valence-electron chi connectivity index (χ2n) is 3.36. The van der Waals surface area contributed by atoms with Gasteiger partial charge in [0, 0.05) is 6.07 Å². The number of pyridine rings is 1. The highest BCUT2D eigenvalue weighted by Gasteiger charge is 2.07. The van der Waals surface area contributed by atoms with Crippen molar-refractivity contribution in [2.24, 2.45) is 5.84 Å². The molecule has 1 aromatic heterocycles. The van der Waals surface area contributed by atoms with Crippen LogP contribution in [0.1, 0.15) is 5.56 Å². The van der Waals surface area contributed by atoms with Crippen molar-refractivity contribution >= 4 is 5.82 Å². The van der Waals surface area contributed by atoms with E-state index in [1.807, 2.05) is 6.07 Å². The number of nitrogens with one attached hydrogen (secondary N) is 1. The van der Waals surface area contributed by atoms with E-state index in [4.69, 9.17) is 15.8 Å². The molecule has 0 atom stereocenters. The maximum atomic E-state index is 13.6. The van der Waals surface area contributed by atoms with Crippen LogP contribution >= 0.6 is 0 Å². The van der Waals surface area contributed by atoms with E-state index < -0.39 is 5.82 Å². The molecule has 2 rings (SSSR count). The molecular weight excluding hydrogens is 235 g/mol. The summed E-state index contributed by atoms with van der Waals surface area (Å²) in [5.74, 6) is 5.18. The number of anilines is 1. The Balaban J connectivity index is 2.26. The molecule has 0 radical (unpaired) electrons. The van der Waals surface area contributed by atoms with Gasteiger partial charge in [-0.2, -0.15) is 10.2 Å². The molecule has 0 saturated heterocycles. The molecule has 1 heterocycles. The van der Waals surface area contributed by atoms with Crippen LogP contribution in [0.5, 0.6) is 11.6 Å². The van der Waals surface area contributed by atoms with Gasteiger partial charge < -0.3 is 10.2 Å². The van der Waals surface area contributed by atoms with E-state index in [-0.39, 0.29) is 17.2 Å². The van der Waals surface area contributed by atoms with E-state index in [1.54, 1.807) is 18.2 Å². The number of aromatic nitrogens is 1. The second-order valence-corrected chi connectivity index (χ2v) is 3.36. The SMILES string of the molecule is N#Cc1ccc(Oc2cccc(NN)n2)c(F)c1. The normalized spacial score (nSPS) is 9.61. The molecule has 6 heteroatoms. The topological polar surface area (TPSA) is 84.0 Å². The molecule has 0 spiro atoms. The Morgan fingerprint density at radius 2 is 2.17 bits per heavy atom. The highest BCUT2D eigenvalue weighted by atomic mass is 19.1. The van der Waals surface area contributed by atoms with E-state index in [0.717, 1.165) is 6.07 Å². The number of rotatable bonds is 3. The lowest BCUT2D eigenvalue weighted by Crippen LogP contribution is -2.08. The summed E-state index contributed by atoms with van der Waals surface area (Å²) in [6.45, 7) is 0. The molecule has 0 aliphatic rings. The summed E-state index contributed by atoms with van der Waals surface area (Å²) in [6.07, 6.45) is 0. The minimum Gasteiger partial charge on any atom is -0.436 e. The molecule has 5 nitrogen and oxygen atoms in total. The lowest BCUT2D eigenvalue weighted by Gasteiger charge is -2.07. The Morgan fingerprint density at radius 3 is 2.83 bits per heavy atom. The summed E-state index contributed by atoms with van der Waals surface area (Å²) >= 11 is 0. The number of hydrogen-bond acceptors (Lipinski definition) is 5. The van der Waals surface area contributed by atoms with E-state index in [0.29, 0.717) is 5.82 Å². The summed E-state index contributed by atoms with van der Waals surface area (Å²) in [5.41, 5.74) is 2.59. The van der Waals surface area contributed by atoms with Gasteiger partial charge in [0.05, 0.1) is 11.6 Å². The van der Waals surface area contributed by atoms with E-state index >= 15 is 0 Å². The van der Waals surface area contributed by atoms with Crippen LogP contribution in [0, 0.1) is 17.1 Å². The van der Waals surface area contributed by atoms with Gasteiger partial charge in [0.25, 0.3) is 0 Å². The third-order valence-electron chi connectivity index (χ3n) is 2.15. The Hall–Kier alpha value is -2.65. The zero-order valence-electron chi connectivity index (χ0n) is 9.22. The van der Waals surface area contributed by atoms with Gasteiger partial charge in [-0.15, -0.1) is 0 Å². The van der Waals surface area contributed by atoms with Crippen LogP contribution in [0.15, 0.2) is 36.4 Å². The first kappa shape index (κ1) is 11.8. The molecule has 0 amide bonds. The van der Waals surface area contributed by atoms with Gasteiger partial charge in [-0.05, 0) is 24.3 Å². The number of ether oxygens (including phenoxy) is 1. The van der Waals surface area contributed by atoms with Crippen molar-refractivity contribution in [3.63, 3.8) is 0 Å². The molecule has 90 valence electrons. The first-order chi connectivity index (χ1) is 8.72. The summed E-state index contributed by atoms with van der Waals surface area (Å²) in [5, 5.41) is 8.62. The lowest BCUT2D eigenvalue weighted by atomic mass is 10.2. The first-order valence-corrected chi connectivity index (χ1v) is 5.04. The van der Waals surface area contributed by atoms with Gasteiger partial charge >= 0.3 is 0 Å². The average molecular weight is 244 g/mol. The Morgan fingerprint density at radius 1 is 1.33 bits per heavy atom. The van der Waals surface area contributed by atoms with Gasteiger partial charge in [0.15, 0.2) is 11.6 Å². The van der Waals surface area contributed by atoms with Gasteiger partial charge in [0.1, 0.15) is 5.82 Å². The molecular formula is C12H9FN4O. The number of nitrogen functional groups attached to an aromatic ring is 1. The van der Waals surface area contributed by atoms with E-state index in [1.165, 1.54) is 12.1 Å². The number of benzene rings is 1. The predicted octanol–water partition coefficient (Wildman–Crippen LogP) is 2.17. The molecule has 0 unspecified atom stereocenters. The Bertz CT molecular complexity index is 609. The number of nitriles is 1. The molecule has 2 aromatic rings. The second kappa shape index (κ2) is 5.12. The van der Waals surface area contributed by atoms with Crippen LogP contribution in [0.2, 0.25) is 0 Å². The summed E-state index contributed by atoms with van der Waals surface area (Å²) in [4.78, 5) is 3.98. The zero-order valence-corrected chi connectivity index (χ0v) is 9.22. The molecule has 3 N–H and O–H groups in total. The van der Waals surface area contributed by atoms with Gasteiger partial charge in [0.2, 0.25) is 5.88 Å². The van der Waals surface area contributed by atoms with Crippen molar-refractivity contribution in [2.45, 2.75) is 0 Å². The largest absolute Gasteiger partial charge is 0.436 e. The fourth-order valence-corrected chi connectivity index (χ4v) is 1.32. The highest BCUT2D eigenvalue weighted by molar-refractivity contribution is 5.40. The van der Waals surface area contributed by atoms with E-state index in [9.17, 15) is 4.39 Å². The fraction of sp³-hybridized carbons (Fsp3) is 0. The van der Waals surface area contributed by atoms with Crippen molar-refractivity contribution in [2.75, 3.05) is 5.43 Å². The van der Waals surface area contributed by atoms with E-state index in [2.05, 4.69) is 10.4 Å². The van der Waals surface area contributed by atoms with Crippen LogP contribution in [-0.2, 0) is 0 Å². The smallest absolute Gasteiger partial charge is 0.221 e. The van der Waals surface area contributed by atoms with Crippen molar-refractivity contribution in [3.8, 4) is 17.7 Å². The molecule has 1 aromatic carbocycles. The predicted molar refractivity (Wildman–Crippen MR) is 63.2 cm³/mol. The molecule has 18 heavy (non-hydrogen) atoms. The third-order valence-corrected chi connectivity index (χ3v) is 2.15. The minimum atomic E-state index is -0.623. The number of hydrogen-bond donors (Lipinski definition) is 2. The maximum Gasteiger partial charge on any atom is 0.221 e. The van der Waals surface area contributed by atoms with Crippen LogP contribution in [0.4, 0.5) is 10.2 Å². The molecule has 0 aliphatic carbocycles. The average Bonchev–Trinajstić information content (AvgIpc) is 2.41. The van der Waals surface area contributed by atoms with Crippen LogP contribution in [-0.4, -0.2) is 4.98 Å². The zero-order chi connectivity index (χ0) is 13.0. The number of halogens is 1. The van der Waals surface area contributed by atoms with Gasteiger partial charge in [-0.1, -0.05) is 6.07 Å². The van der Waals surface area contributed by atoms with Crippen LogP contribution in [0.3, 0.4) is 0 Å². The molecule has 0 fully saturated rings. The molecule has 0 saturated carbocycles. The quantitative estimate of drug-likeness (QED) is 0.638. The minimum absolute atomic E-state index is 0.00401. The Kier molecular flexibility index (Phi) is 3.36. The van der Waals surface area contributed by atoms with Crippen molar-refractivity contribution < 1.29 is 9.13 Å². The van der Waals surface area contributed by atoms with Gasteiger partial charge in [-0.3, -0.25) is 0 Å². The van der Waals surface area contributed by atoms with Crippen molar-refractivity contribution in [1.29, 1.82) is 5.26 Å². The summed E-state index contributed by atoms with van der Waals surface area (Å²) in [7, 11) is 0. The maximum absolute atomic E-state index is 13.6. The number of hydrazine groups is 1.